The predicted molar refractivity (Wildman–Crippen MR) is 101 cm³/mol. The molecule has 7 heteroatoms. The number of benzene rings is 2. The molecule has 6 nitrogen and oxygen atoms in total. The molecule has 2 aromatic rings. The summed E-state index contributed by atoms with van der Waals surface area (Å²) in [4.78, 5) is 25.5. The molecule has 3 rings (SSSR count). The maximum absolute atomic E-state index is 12.3. The first-order valence-electron chi connectivity index (χ1n) is 7.74. The van der Waals surface area contributed by atoms with Gasteiger partial charge in [-0.3, -0.25) is 9.69 Å². The minimum absolute atomic E-state index is 0.168. The van der Waals surface area contributed by atoms with Crippen molar-refractivity contribution in [3.63, 3.8) is 0 Å². The number of para-hydroxylation sites is 1. The number of rotatable bonds is 4. The predicted octanol–water partition coefficient (Wildman–Crippen LogP) is 3.42. The summed E-state index contributed by atoms with van der Waals surface area (Å²) < 4.78 is 4.64. The average molecular weight is 365 g/mol. The van der Waals surface area contributed by atoms with E-state index in [2.05, 4.69) is 10.1 Å². The Hall–Kier alpha value is -3.24. The van der Waals surface area contributed by atoms with Gasteiger partial charge in [-0.25, -0.2) is 4.79 Å². The summed E-state index contributed by atoms with van der Waals surface area (Å²) in [5.41, 5.74) is 2.23. The lowest BCUT2D eigenvalue weighted by Gasteiger charge is -2.18. The van der Waals surface area contributed by atoms with E-state index in [9.17, 15) is 14.9 Å². The van der Waals surface area contributed by atoms with Crippen molar-refractivity contribution in [3.8, 4) is 6.07 Å². The van der Waals surface area contributed by atoms with Crippen molar-refractivity contribution in [2.45, 2.75) is 0 Å². The SMILES string of the molecule is COC(=O)/C(C#N)=C1\SCC(=O)N1c1ccc(Nc2ccccc2)cc1. The van der Waals surface area contributed by atoms with Crippen LogP contribution in [0.1, 0.15) is 0 Å². The van der Waals surface area contributed by atoms with Crippen LogP contribution in [0.4, 0.5) is 17.1 Å². The quantitative estimate of drug-likeness (QED) is 0.508. The van der Waals surface area contributed by atoms with Gasteiger partial charge in [0.15, 0.2) is 5.57 Å². The van der Waals surface area contributed by atoms with Crippen molar-refractivity contribution < 1.29 is 14.3 Å². The Morgan fingerprint density at radius 1 is 1.15 bits per heavy atom. The summed E-state index contributed by atoms with van der Waals surface area (Å²) in [5, 5.41) is 12.8. The Bertz CT molecular complexity index is 902. The van der Waals surface area contributed by atoms with Crippen molar-refractivity contribution in [2.24, 2.45) is 0 Å². The molecule has 0 bridgehead atoms. The molecule has 0 unspecified atom stereocenters. The van der Waals surface area contributed by atoms with Gasteiger partial charge < -0.3 is 10.1 Å². The molecule has 0 saturated carbocycles. The lowest BCUT2D eigenvalue weighted by atomic mass is 10.2. The number of nitrogens with one attached hydrogen (secondary N) is 1. The van der Waals surface area contributed by atoms with Crippen LogP contribution in [0, 0.1) is 11.3 Å². The fourth-order valence-electron chi connectivity index (χ4n) is 2.48. The second-order valence-electron chi connectivity index (χ2n) is 5.34. The maximum Gasteiger partial charge on any atom is 0.351 e. The van der Waals surface area contributed by atoms with Crippen molar-refractivity contribution in [1.29, 1.82) is 5.26 Å². The molecule has 1 aliphatic heterocycles. The molecule has 1 heterocycles. The number of ether oxygens (including phenoxy) is 1. The zero-order chi connectivity index (χ0) is 18.5. The van der Waals surface area contributed by atoms with Crippen LogP contribution in [0.5, 0.6) is 0 Å². The van der Waals surface area contributed by atoms with Crippen LogP contribution in [0.2, 0.25) is 0 Å². The number of amides is 1. The smallest absolute Gasteiger partial charge is 0.351 e. The first-order chi connectivity index (χ1) is 12.6. The van der Waals surface area contributed by atoms with E-state index in [4.69, 9.17) is 0 Å². The number of anilines is 3. The van der Waals surface area contributed by atoms with Crippen molar-refractivity contribution in [1.82, 2.24) is 0 Å². The lowest BCUT2D eigenvalue weighted by Crippen LogP contribution is -2.25. The summed E-state index contributed by atoms with van der Waals surface area (Å²) >= 11 is 1.15. The second-order valence-corrected chi connectivity index (χ2v) is 6.30. The van der Waals surface area contributed by atoms with Crippen LogP contribution in [0.3, 0.4) is 0 Å². The van der Waals surface area contributed by atoms with Gasteiger partial charge in [0, 0.05) is 17.1 Å². The summed E-state index contributed by atoms with van der Waals surface area (Å²) in [6.07, 6.45) is 0. The van der Waals surface area contributed by atoms with Crippen molar-refractivity contribution in [2.75, 3.05) is 23.1 Å². The van der Waals surface area contributed by atoms with Crippen LogP contribution in [-0.4, -0.2) is 24.7 Å². The number of hydrogen-bond acceptors (Lipinski definition) is 6. The molecule has 1 aliphatic rings. The highest BCUT2D eigenvalue weighted by molar-refractivity contribution is 8.04. The van der Waals surface area contributed by atoms with E-state index in [0.29, 0.717) is 10.7 Å². The highest BCUT2D eigenvalue weighted by Crippen LogP contribution is 2.36. The van der Waals surface area contributed by atoms with Crippen molar-refractivity contribution >= 4 is 40.7 Å². The summed E-state index contributed by atoms with van der Waals surface area (Å²) in [5.74, 6) is -0.774. The minimum Gasteiger partial charge on any atom is -0.465 e. The molecule has 0 radical (unpaired) electrons. The third-order valence-corrected chi connectivity index (χ3v) is 4.74. The number of methoxy groups -OCH3 is 1. The molecule has 1 saturated heterocycles. The van der Waals surface area contributed by atoms with E-state index < -0.39 is 5.97 Å². The van der Waals surface area contributed by atoms with Gasteiger partial charge in [0.1, 0.15) is 11.1 Å². The number of hydrogen-bond donors (Lipinski definition) is 1. The molecule has 2 aromatic carbocycles. The molecular weight excluding hydrogens is 350 g/mol. The van der Waals surface area contributed by atoms with Gasteiger partial charge in [-0.05, 0) is 36.4 Å². The third-order valence-electron chi connectivity index (χ3n) is 3.69. The van der Waals surface area contributed by atoms with E-state index in [1.54, 1.807) is 12.1 Å². The normalized spacial score (nSPS) is 15.4. The Labute approximate surface area is 155 Å². The zero-order valence-corrected chi connectivity index (χ0v) is 14.7. The van der Waals surface area contributed by atoms with Gasteiger partial charge >= 0.3 is 5.97 Å². The highest BCUT2D eigenvalue weighted by Gasteiger charge is 2.33. The molecule has 1 N–H and O–H groups in total. The molecule has 130 valence electrons. The van der Waals surface area contributed by atoms with Gasteiger partial charge in [-0.1, -0.05) is 30.0 Å². The van der Waals surface area contributed by atoms with Gasteiger partial charge in [0.25, 0.3) is 0 Å². The second kappa shape index (κ2) is 7.76. The third kappa shape index (κ3) is 3.55. The first-order valence-corrected chi connectivity index (χ1v) is 8.73. The summed E-state index contributed by atoms with van der Waals surface area (Å²) in [6.45, 7) is 0. The van der Waals surface area contributed by atoms with Crippen LogP contribution in [-0.2, 0) is 14.3 Å². The Morgan fingerprint density at radius 3 is 2.42 bits per heavy atom. The van der Waals surface area contributed by atoms with Gasteiger partial charge in [-0.2, -0.15) is 5.26 Å². The van der Waals surface area contributed by atoms with Gasteiger partial charge in [-0.15, -0.1) is 0 Å². The van der Waals surface area contributed by atoms with Crippen LogP contribution >= 0.6 is 11.8 Å². The van der Waals surface area contributed by atoms with E-state index in [1.165, 1.54) is 12.0 Å². The Morgan fingerprint density at radius 2 is 1.81 bits per heavy atom. The van der Waals surface area contributed by atoms with E-state index in [1.807, 2.05) is 48.5 Å². The number of esters is 1. The number of carbonyl (C=O) groups is 2. The fraction of sp³-hybridized carbons (Fsp3) is 0.105. The first kappa shape index (κ1) is 17.6. The minimum atomic E-state index is -0.753. The molecule has 0 atom stereocenters. The fourth-order valence-corrected chi connectivity index (χ4v) is 3.48. The number of carbonyl (C=O) groups excluding carboxylic acids is 2. The van der Waals surface area contributed by atoms with Crippen LogP contribution in [0.25, 0.3) is 0 Å². The van der Waals surface area contributed by atoms with Crippen LogP contribution in [0.15, 0.2) is 65.2 Å². The molecule has 0 aliphatic carbocycles. The largest absolute Gasteiger partial charge is 0.465 e. The topological polar surface area (TPSA) is 82.4 Å². The molecule has 26 heavy (non-hydrogen) atoms. The molecule has 0 aromatic heterocycles. The Balaban J connectivity index is 1.89. The lowest BCUT2D eigenvalue weighted by molar-refractivity contribution is -0.135. The molecule has 0 spiro atoms. The maximum atomic E-state index is 12.3. The highest BCUT2D eigenvalue weighted by atomic mass is 32.2. The van der Waals surface area contributed by atoms with Crippen LogP contribution < -0.4 is 10.2 Å². The summed E-state index contributed by atoms with van der Waals surface area (Å²) in [7, 11) is 1.20. The summed E-state index contributed by atoms with van der Waals surface area (Å²) in [6, 6.07) is 18.7. The standard InChI is InChI=1S/C19H15N3O3S/c1-25-19(24)16(11-20)18-22(17(23)12-26-18)15-9-7-14(8-10-15)21-13-5-3-2-4-6-13/h2-10,21H,12H2,1H3/b18-16-. The zero-order valence-electron chi connectivity index (χ0n) is 13.9. The molecule has 1 amide bonds. The van der Waals surface area contributed by atoms with E-state index in [-0.39, 0.29) is 17.2 Å². The monoisotopic (exact) mass is 365 g/mol. The molecular formula is C19H15N3O3S. The molecule has 1 fully saturated rings. The average Bonchev–Trinajstić information content (AvgIpc) is 3.05. The van der Waals surface area contributed by atoms with Crippen molar-refractivity contribution in [3.05, 3.63) is 65.2 Å². The van der Waals surface area contributed by atoms with E-state index in [0.717, 1.165) is 23.1 Å². The number of nitrogens with zero attached hydrogens (tertiary/aromatic N) is 2. The number of nitriles is 1. The van der Waals surface area contributed by atoms with Gasteiger partial charge in [0.05, 0.1) is 12.9 Å². The Kier molecular flexibility index (Phi) is 5.25. The van der Waals surface area contributed by atoms with Gasteiger partial charge in [0.2, 0.25) is 5.91 Å². The van der Waals surface area contributed by atoms with E-state index >= 15 is 0 Å². The number of thioether (sulfide) groups is 1.